The Kier molecular flexibility index (Phi) is 4.95. The topological polar surface area (TPSA) is 37.9 Å². The summed E-state index contributed by atoms with van der Waals surface area (Å²) in [6.45, 7) is 2.56. The molecule has 0 bridgehead atoms. The van der Waals surface area contributed by atoms with Crippen LogP contribution in [0.3, 0.4) is 0 Å². The molecule has 4 heteroatoms. The predicted molar refractivity (Wildman–Crippen MR) is 110 cm³/mol. The van der Waals surface area contributed by atoms with E-state index in [1.54, 1.807) is 0 Å². The average molecular weight is 375 g/mol. The van der Waals surface area contributed by atoms with Crippen LogP contribution in [0, 0.1) is 6.92 Å². The molecule has 0 amide bonds. The minimum atomic E-state index is 0.513. The Labute approximate surface area is 163 Å². The highest BCUT2D eigenvalue weighted by Gasteiger charge is 2.08. The number of imidazole rings is 1. The van der Waals surface area contributed by atoms with Gasteiger partial charge in [0.25, 0.3) is 0 Å². The lowest BCUT2D eigenvalue weighted by Gasteiger charge is -2.10. The van der Waals surface area contributed by atoms with Gasteiger partial charge in [-0.3, -0.25) is 0 Å². The molecule has 0 aliphatic carbocycles. The van der Waals surface area contributed by atoms with Crippen molar-refractivity contribution >= 4 is 11.6 Å². The van der Waals surface area contributed by atoms with Gasteiger partial charge in [0.05, 0.1) is 11.9 Å². The van der Waals surface area contributed by atoms with Crippen molar-refractivity contribution in [1.29, 1.82) is 0 Å². The average Bonchev–Trinajstić information content (AvgIpc) is 3.19. The summed E-state index contributed by atoms with van der Waals surface area (Å²) in [6.07, 6.45) is 1.87. The second kappa shape index (κ2) is 7.68. The Morgan fingerprint density at radius 1 is 0.926 bits per heavy atom. The summed E-state index contributed by atoms with van der Waals surface area (Å²) in [5.41, 5.74) is 5.31. The van der Waals surface area contributed by atoms with E-state index in [0.29, 0.717) is 6.61 Å². The number of hydrogen-bond donors (Lipinski definition) is 1. The lowest BCUT2D eigenvalue weighted by atomic mass is 10.1. The summed E-state index contributed by atoms with van der Waals surface area (Å²) >= 11 is 5.92. The van der Waals surface area contributed by atoms with Gasteiger partial charge in [0.15, 0.2) is 0 Å². The highest BCUT2D eigenvalue weighted by molar-refractivity contribution is 6.30. The van der Waals surface area contributed by atoms with Crippen molar-refractivity contribution in [3.63, 3.8) is 0 Å². The number of hydrogen-bond acceptors (Lipinski definition) is 2. The van der Waals surface area contributed by atoms with E-state index < -0.39 is 0 Å². The standard InChI is InChI=1S/C23H19ClN2O/c1-16-13-19(21-14-25-23(26-21)18-5-3-2-4-6-18)9-12-22(16)27-15-17-7-10-20(24)11-8-17/h2-14H,15H2,1H3,(H,25,26). The Hall–Kier alpha value is -3.04. The number of aromatic amines is 1. The fourth-order valence-electron chi connectivity index (χ4n) is 2.93. The third kappa shape index (κ3) is 4.04. The molecule has 1 heterocycles. The van der Waals surface area contributed by atoms with Crippen LogP contribution in [0.15, 0.2) is 79.0 Å². The molecule has 0 unspecified atom stereocenters. The van der Waals surface area contributed by atoms with Gasteiger partial charge >= 0.3 is 0 Å². The molecule has 0 atom stereocenters. The van der Waals surface area contributed by atoms with Crippen molar-refractivity contribution in [2.75, 3.05) is 0 Å². The molecule has 4 rings (SSSR count). The van der Waals surface area contributed by atoms with Crippen molar-refractivity contribution in [1.82, 2.24) is 9.97 Å². The lowest BCUT2D eigenvalue weighted by Crippen LogP contribution is -1.97. The third-order valence-corrected chi connectivity index (χ3v) is 4.67. The predicted octanol–water partition coefficient (Wildman–Crippen LogP) is 6.28. The molecule has 134 valence electrons. The monoisotopic (exact) mass is 374 g/mol. The second-order valence-electron chi connectivity index (χ2n) is 6.41. The highest BCUT2D eigenvalue weighted by atomic mass is 35.5. The van der Waals surface area contributed by atoms with E-state index in [1.807, 2.05) is 72.9 Å². The van der Waals surface area contributed by atoms with E-state index in [2.05, 4.69) is 23.0 Å². The Balaban J connectivity index is 1.50. The number of aromatic nitrogens is 2. The van der Waals surface area contributed by atoms with E-state index in [9.17, 15) is 0 Å². The van der Waals surface area contributed by atoms with E-state index in [-0.39, 0.29) is 0 Å². The van der Waals surface area contributed by atoms with Crippen molar-refractivity contribution < 1.29 is 4.74 Å². The molecule has 0 spiro atoms. The molecular weight excluding hydrogens is 356 g/mol. The number of nitrogens with zero attached hydrogens (tertiary/aromatic N) is 1. The second-order valence-corrected chi connectivity index (χ2v) is 6.84. The lowest BCUT2D eigenvalue weighted by molar-refractivity contribution is 0.304. The van der Waals surface area contributed by atoms with Crippen LogP contribution in [0.2, 0.25) is 5.02 Å². The Morgan fingerprint density at radius 2 is 1.70 bits per heavy atom. The number of benzene rings is 3. The SMILES string of the molecule is Cc1cc(-c2cnc(-c3ccccc3)[nH]2)ccc1OCc1ccc(Cl)cc1. The summed E-state index contributed by atoms with van der Waals surface area (Å²) in [5.74, 6) is 1.74. The van der Waals surface area contributed by atoms with Crippen molar-refractivity contribution in [3.8, 4) is 28.4 Å². The highest BCUT2D eigenvalue weighted by Crippen LogP contribution is 2.27. The van der Waals surface area contributed by atoms with Crippen LogP contribution in [-0.4, -0.2) is 9.97 Å². The fraction of sp³-hybridized carbons (Fsp3) is 0.0870. The number of ether oxygens (including phenoxy) is 1. The number of H-pyrrole nitrogens is 1. The molecule has 0 aliphatic heterocycles. The van der Waals surface area contributed by atoms with E-state index in [4.69, 9.17) is 16.3 Å². The van der Waals surface area contributed by atoms with Crippen LogP contribution in [0.4, 0.5) is 0 Å². The van der Waals surface area contributed by atoms with Crippen LogP contribution in [0.5, 0.6) is 5.75 Å². The zero-order valence-electron chi connectivity index (χ0n) is 14.9. The number of halogens is 1. The first-order chi connectivity index (χ1) is 13.2. The first kappa shape index (κ1) is 17.4. The van der Waals surface area contributed by atoms with Gasteiger partial charge in [-0.15, -0.1) is 0 Å². The van der Waals surface area contributed by atoms with Gasteiger partial charge in [-0.05, 0) is 48.4 Å². The van der Waals surface area contributed by atoms with Gasteiger partial charge < -0.3 is 9.72 Å². The molecule has 3 nitrogen and oxygen atoms in total. The summed E-state index contributed by atoms with van der Waals surface area (Å²) in [4.78, 5) is 7.89. The van der Waals surface area contributed by atoms with Gasteiger partial charge in [-0.25, -0.2) is 4.98 Å². The van der Waals surface area contributed by atoms with Gasteiger partial charge in [0, 0.05) is 16.1 Å². The van der Waals surface area contributed by atoms with Gasteiger partial charge in [-0.1, -0.05) is 54.1 Å². The first-order valence-corrected chi connectivity index (χ1v) is 9.15. The van der Waals surface area contributed by atoms with Crippen LogP contribution in [0.25, 0.3) is 22.6 Å². The first-order valence-electron chi connectivity index (χ1n) is 8.78. The maximum Gasteiger partial charge on any atom is 0.137 e. The van der Waals surface area contributed by atoms with Gasteiger partial charge in [-0.2, -0.15) is 0 Å². The summed E-state index contributed by atoms with van der Waals surface area (Å²) < 4.78 is 5.96. The Bertz CT molecular complexity index is 1040. The molecule has 0 saturated heterocycles. The zero-order valence-corrected chi connectivity index (χ0v) is 15.7. The quantitative estimate of drug-likeness (QED) is 0.446. The molecule has 27 heavy (non-hydrogen) atoms. The Morgan fingerprint density at radius 3 is 2.44 bits per heavy atom. The smallest absolute Gasteiger partial charge is 0.137 e. The molecule has 1 N–H and O–H groups in total. The molecule has 0 radical (unpaired) electrons. The minimum absolute atomic E-state index is 0.513. The molecular formula is C23H19ClN2O. The number of rotatable bonds is 5. The van der Waals surface area contributed by atoms with Crippen LogP contribution in [-0.2, 0) is 6.61 Å². The van der Waals surface area contributed by atoms with Crippen molar-refractivity contribution in [3.05, 3.63) is 95.1 Å². The molecule has 4 aromatic rings. The van der Waals surface area contributed by atoms with Crippen LogP contribution >= 0.6 is 11.6 Å². The van der Waals surface area contributed by atoms with E-state index in [1.165, 1.54) is 0 Å². The summed E-state index contributed by atoms with van der Waals surface area (Å²) in [6, 6.07) is 24.0. The normalized spacial score (nSPS) is 10.7. The fourth-order valence-corrected chi connectivity index (χ4v) is 3.06. The minimum Gasteiger partial charge on any atom is -0.489 e. The summed E-state index contributed by atoms with van der Waals surface area (Å²) in [7, 11) is 0. The van der Waals surface area contributed by atoms with E-state index in [0.717, 1.165) is 44.5 Å². The molecule has 3 aromatic carbocycles. The van der Waals surface area contributed by atoms with E-state index >= 15 is 0 Å². The third-order valence-electron chi connectivity index (χ3n) is 4.42. The molecule has 0 fully saturated rings. The number of aryl methyl sites for hydroxylation is 1. The maximum atomic E-state index is 5.96. The van der Waals surface area contributed by atoms with Gasteiger partial charge in [0.2, 0.25) is 0 Å². The summed E-state index contributed by atoms with van der Waals surface area (Å²) in [5, 5.41) is 0.730. The molecule has 1 aromatic heterocycles. The van der Waals surface area contributed by atoms with Gasteiger partial charge in [0.1, 0.15) is 18.2 Å². The zero-order chi connectivity index (χ0) is 18.6. The molecule has 0 saturated carbocycles. The maximum absolute atomic E-state index is 5.96. The van der Waals surface area contributed by atoms with Crippen LogP contribution in [0.1, 0.15) is 11.1 Å². The van der Waals surface area contributed by atoms with Crippen LogP contribution < -0.4 is 4.74 Å². The van der Waals surface area contributed by atoms with Crippen molar-refractivity contribution in [2.45, 2.75) is 13.5 Å². The van der Waals surface area contributed by atoms with Crippen molar-refractivity contribution in [2.24, 2.45) is 0 Å². The largest absolute Gasteiger partial charge is 0.489 e. The molecule has 0 aliphatic rings. The number of nitrogens with one attached hydrogen (secondary N) is 1.